The van der Waals surface area contributed by atoms with E-state index in [1.165, 1.54) is 0 Å². The lowest BCUT2D eigenvalue weighted by molar-refractivity contribution is -0.116. The van der Waals surface area contributed by atoms with Crippen molar-refractivity contribution in [2.24, 2.45) is 0 Å². The fourth-order valence-electron chi connectivity index (χ4n) is 1.30. The molecule has 6 nitrogen and oxygen atoms in total. The van der Waals surface area contributed by atoms with Crippen molar-refractivity contribution in [3.63, 3.8) is 0 Å². The number of hydrogen-bond donors (Lipinski definition) is 2. The first-order valence-corrected chi connectivity index (χ1v) is 6.93. The summed E-state index contributed by atoms with van der Waals surface area (Å²) in [6.45, 7) is 5.54. The number of nitrogens with one attached hydrogen (secondary N) is 2. The van der Waals surface area contributed by atoms with Gasteiger partial charge in [0.25, 0.3) is 0 Å². The van der Waals surface area contributed by atoms with Gasteiger partial charge >= 0.3 is 6.09 Å². The third-order valence-corrected chi connectivity index (χ3v) is 2.44. The summed E-state index contributed by atoms with van der Waals surface area (Å²) in [5.41, 5.74) is 0.0514. The van der Waals surface area contributed by atoms with Crippen LogP contribution in [0.25, 0.3) is 0 Å². The summed E-state index contributed by atoms with van der Waals surface area (Å²) >= 11 is 3.26. The molecule has 0 aromatic carbocycles. The lowest BCUT2D eigenvalue weighted by Crippen LogP contribution is -2.34. The van der Waals surface area contributed by atoms with Gasteiger partial charge in [-0.15, -0.1) is 0 Å². The molecule has 0 aliphatic heterocycles. The molecule has 2 amide bonds. The second-order valence-corrected chi connectivity index (χ2v) is 6.03. The number of carbonyl (C=O) groups excluding carboxylic acids is 2. The minimum atomic E-state index is -0.547. The Morgan fingerprint density at radius 3 is 2.65 bits per heavy atom. The Labute approximate surface area is 126 Å². The van der Waals surface area contributed by atoms with Crippen LogP contribution in [0.2, 0.25) is 0 Å². The number of aromatic nitrogens is 1. The van der Waals surface area contributed by atoms with Crippen molar-refractivity contribution in [3.8, 4) is 0 Å². The molecular weight excluding hydrogens is 326 g/mol. The van der Waals surface area contributed by atoms with Crippen LogP contribution in [0.3, 0.4) is 0 Å². The summed E-state index contributed by atoms with van der Waals surface area (Å²) in [5.74, 6) is -0.207. The maximum atomic E-state index is 11.6. The molecule has 0 aliphatic carbocycles. The highest BCUT2D eigenvalue weighted by atomic mass is 79.9. The zero-order chi connectivity index (χ0) is 15.2. The third-order valence-electron chi connectivity index (χ3n) is 2.01. The van der Waals surface area contributed by atoms with Gasteiger partial charge in [0.15, 0.2) is 0 Å². The Morgan fingerprint density at radius 1 is 1.35 bits per heavy atom. The van der Waals surface area contributed by atoms with Gasteiger partial charge in [0.2, 0.25) is 5.91 Å². The first kappa shape index (κ1) is 16.4. The van der Waals surface area contributed by atoms with Crippen molar-refractivity contribution in [3.05, 3.63) is 22.9 Å². The van der Waals surface area contributed by atoms with Gasteiger partial charge in [-0.3, -0.25) is 9.78 Å². The van der Waals surface area contributed by atoms with E-state index in [9.17, 15) is 9.59 Å². The van der Waals surface area contributed by atoms with Crippen LogP contribution in [0.4, 0.5) is 10.5 Å². The number of anilines is 1. The minimum absolute atomic E-state index is 0.158. The average molecular weight is 344 g/mol. The van der Waals surface area contributed by atoms with Gasteiger partial charge < -0.3 is 15.4 Å². The number of pyridine rings is 1. The minimum Gasteiger partial charge on any atom is -0.444 e. The maximum absolute atomic E-state index is 11.6. The van der Waals surface area contributed by atoms with Crippen LogP contribution >= 0.6 is 15.9 Å². The normalized spacial score (nSPS) is 10.8. The summed E-state index contributed by atoms with van der Waals surface area (Å²) in [6.07, 6.45) is 2.80. The number of ether oxygens (including phenoxy) is 1. The number of rotatable bonds is 4. The van der Waals surface area contributed by atoms with E-state index in [-0.39, 0.29) is 18.9 Å². The van der Waals surface area contributed by atoms with Crippen LogP contribution in [0.5, 0.6) is 0 Å². The number of amides is 2. The largest absolute Gasteiger partial charge is 0.444 e. The summed E-state index contributed by atoms with van der Waals surface area (Å²) in [6, 6.07) is 1.74. The second kappa shape index (κ2) is 7.23. The Bertz CT molecular complexity index is 486. The lowest BCUT2D eigenvalue weighted by atomic mass is 10.2. The smallest absolute Gasteiger partial charge is 0.407 e. The van der Waals surface area contributed by atoms with E-state index in [1.807, 2.05) is 0 Å². The van der Waals surface area contributed by atoms with Crippen LogP contribution in [0.1, 0.15) is 27.2 Å². The average Bonchev–Trinajstić information content (AvgIpc) is 2.26. The molecule has 0 bridgehead atoms. The standard InChI is InChI=1S/C13H18BrN3O3/c1-13(2,3)20-12(19)16-5-4-11(18)17-10-6-9(14)7-15-8-10/h6-8H,4-5H2,1-3H3,(H,16,19)(H,17,18). The summed E-state index contributed by atoms with van der Waals surface area (Å²) in [5, 5.41) is 5.20. The summed E-state index contributed by atoms with van der Waals surface area (Å²) < 4.78 is 5.84. The molecular formula is C13H18BrN3O3. The van der Waals surface area contributed by atoms with Crippen molar-refractivity contribution in [1.82, 2.24) is 10.3 Å². The van der Waals surface area contributed by atoms with Crippen molar-refractivity contribution in [2.75, 3.05) is 11.9 Å². The van der Waals surface area contributed by atoms with Crippen LogP contribution in [0, 0.1) is 0 Å². The van der Waals surface area contributed by atoms with E-state index >= 15 is 0 Å². The zero-order valence-electron chi connectivity index (χ0n) is 11.7. The highest BCUT2D eigenvalue weighted by molar-refractivity contribution is 9.10. The van der Waals surface area contributed by atoms with E-state index < -0.39 is 11.7 Å². The number of carbonyl (C=O) groups is 2. The Hall–Kier alpha value is -1.63. The van der Waals surface area contributed by atoms with Gasteiger partial charge in [0.05, 0.1) is 11.9 Å². The van der Waals surface area contributed by atoms with Gasteiger partial charge in [0.1, 0.15) is 5.60 Å². The number of nitrogens with zero attached hydrogens (tertiary/aromatic N) is 1. The summed E-state index contributed by atoms with van der Waals surface area (Å²) in [4.78, 5) is 26.9. The molecule has 7 heteroatoms. The highest BCUT2D eigenvalue weighted by Crippen LogP contribution is 2.13. The lowest BCUT2D eigenvalue weighted by Gasteiger charge is -2.19. The molecule has 0 radical (unpaired) electrons. The zero-order valence-corrected chi connectivity index (χ0v) is 13.3. The van der Waals surface area contributed by atoms with Crippen molar-refractivity contribution in [1.29, 1.82) is 0 Å². The van der Waals surface area contributed by atoms with Crippen LogP contribution in [-0.4, -0.2) is 29.1 Å². The monoisotopic (exact) mass is 343 g/mol. The van der Waals surface area contributed by atoms with Gasteiger partial charge in [-0.2, -0.15) is 0 Å². The quantitative estimate of drug-likeness (QED) is 0.880. The van der Waals surface area contributed by atoms with Gasteiger partial charge in [-0.05, 0) is 42.8 Å². The summed E-state index contributed by atoms with van der Waals surface area (Å²) in [7, 11) is 0. The molecule has 0 unspecified atom stereocenters. The molecule has 20 heavy (non-hydrogen) atoms. The highest BCUT2D eigenvalue weighted by Gasteiger charge is 2.15. The molecule has 1 heterocycles. The second-order valence-electron chi connectivity index (χ2n) is 5.12. The predicted molar refractivity (Wildman–Crippen MR) is 79.4 cm³/mol. The molecule has 1 rings (SSSR count). The van der Waals surface area contributed by atoms with E-state index in [0.29, 0.717) is 5.69 Å². The van der Waals surface area contributed by atoms with E-state index in [4.69, 9.17) is 4.74 Å². The van der Waals surface area contributed by atoms with E-state index in [1.54, 1.807) is 39.2 Å². The molecule has 110 valence electrons. The first-order valence-electron chi connectivity index (χ1n) is 6.13. The fourth-order valence-corrected chi connectivity index (χ4v) is 1.66. The van der Waals surface area contributed by atoms with E-state index in [2.05, 4.69) is 31.5 Å². The van der Waals surface area contributed by atoms with E-state index in [0.717, 1.165) is 4.47 Å². The molecule has 1 aromatic heterocycles. The molecule has 2 N–H and O–H groups in total. The van der Waals surface area contributed by atoms with Crippen molar-refractivity contribution < 1.29 is 14.3 Å². The molecule has 0 spiro atoms. The third kappa shape index (κ3) is 7.08. The van der Waals surface area contributed by atoms with Crippen molar-refractivity contribution >= 4 is 33.6 Å². The Morgan fingerprint density at radius 2 is 2.05 bits per heavy atom. The molecule has 0 saturated carbocycles. The van der Waals surface area contributed by atoms with Crippen molar-refractivity contribution in [2.45, 2.75) is 32.8 Å². The Balaban J connectivity index is 2.29. The topological polar surface area (TPSA) is 80.3 Å². The number of alkyl carbamates (subject to hydrolysis) is 1. The van der Waals surface area contributed by atoms with Crippen LogP contribution in [0.15, 0.2) is 22.9 Å². The van der Waals surface area contributed by atoms with Gasteiger partial charge in [-0.1, -0.05) is 0 Å². The molecule has 0 saturated heterocycles. The van der Waals surface area contributed by atoms with Gasteiger partial charge in [-0.25, -0.2) is 4.79 Å². The number of halogens is 1. The van der Waals surface area contributed by atoms with Gasteiger partial charge in [0, 0.05) is 23.6 Å². The molecule has 0 atom stereocenters. The number of hydrogen-bond acceptors (Lipinski definition) is 4. The molecule has 0 fully saturated rings. The predicted octanol–water partition coefficient (Wildman–Crippen LogP) is 2.70. The SMILES string of the molecule is CC(C)(C)OC(=O)NCCC(=O)Nc1cncc(Br)c1. The van der Waals surface area contributed by atoms with Crippen LogP contribution in [-0.2, 0) is 9.53 Å². The Kier molecular flexibility index (Phi) is 5.94. The maximum Gasteiger partial charge on any atom is 0.407 e. The van der Waals surface area contributed by atoms with Crippen LogP contribution < -0.4 is 10.6 Å². The molecule has 0 aliphatic rings. The molecule has 1 aromatic rings. The fraction of sp³-hybridized carbons (Fsp3) is 0.462. The first-order chi connectivity index (χ1) is 9.26.